The highest BCUT2D eigenvalue weighted by molar-refractivity contribution is 14.2. The largest absolute Gasteiger partial charge is 0.379 e. The van der Waals surface area contributed by atoms with Crippen LogP contribution in [0.25, 0.3) is 0 Å². The van der Waals surface area contributed by atoms with Gasteiger partial charge in [0.1, 0.15) is 0 Å². The van der Waals surface area contributed by atoms with E-state index >= 15 is 0 Å². The third-order valence-corrected chi connectivity index (χ3v) is 8.54. The van der Waals surface area contributed by atoms with E-state index in [9.17, 15) is 0 Å². The Bertz CT molecular complexity index is 843. The van der Waals surface area contributed by atoms with Gasteiger partial charge in [0.25, 0.3) is 0 Å². The molecule has 1 unspecified atom stereocenters. The number of hydrogen-bond acceptors (Lipinski definition) is 19. The lowest BCUT2D eigenvalue weighted by Crippen LogP contribution is -2.15. The van der Waals surface area contributed by atoms with E-state index in [0.717, 1.165) is 19.0 Å². The van der Waals surface area contributed by atoms with Crippen molar-refractivity contribution in [1.82, 2.24) is 0 Å². The zero-order valence-corrected chi connectivity index (χ0v) is 38.5. The van der Waals surface area contributed by atoms with Crippen molar-refractivity contribution in [1.29, 1.82) is 10.5 Å². The minimum absolute atomic E-state index is 0.407. The van der Waals surface area contributed by atoms with E-state index in [-0.39, 0.29) is 0 Å². The van der Waals surface area contributed by atoms with Gasteiger partial charge >= 0.3 is 0 Å². The van der Waals surface area contributed by atoms with Gasteiger partial charge in [0, 0.05) is 6.54 Å². The SMILES string of the molecule is N#CCCOCCOCCOCCOCCOCCOCCOCCOCCN.N#CCCOCCOCCOCCOCCOCCOCCOCCOCCPI. The quantitative estimate of drug-likeness (QED) is 0.0524. The Balaban J connectivity index is 0. The molecule has 0 aliphatic carbocycles. The van der Waals surface area contributed by atoms with E-state index in [4.69, 9.17) is 92.0 Å². The normalized spacial score (nSPS) is 11.3. The fraction of sp³-hybridized carbons (Fsp3) is 0.947. The molecule has 2 N–H and O–H groups in total. The van der Waals surface area contributed by atoms with Crippen LogP contribution in [0.3, 0.4) is 0 Å². The second-order valence-corrected chi connectivity index (χ2v) is 14.3. The zero-order valence-electron chi connectivity index (χ0n) is 35.3. The van der Waals surface area contributed by atoms with Gasteiger partial charge in [-0.25, -0.2) is 0 Å². The van der Waals surface area contributed by atoms with E-state index in [1.165, 1.54) is 0 Å². The van der Waals surface area contributed by atoms with Crippen molar-refractivity contribution < 1.29 is 75.8 Å². The number of nitrogens with two attached hydrogens (primary N) is 1. The molecular weight excluding hydrogens is 912 g/mol. The fourth-order valence-electron chi connectivity index (χ4n) is 3.71. The van der Waals surface area contributed by atoms with Gasteiger partial charge in [-0.2, -0.15) is 10.5 Å². The van der Waals surface area contributed by atoms with Crippen LogP contribution >= 0.6 is 28.3 Å². The van der Waals surface area contributed by atoms with Crippen LogP contribution in [0.15, 0.2) is 0 Å². The van der Waals surface area contributed by atoms with Gasteiger partial charge in [0.05, 0.1) is 236 Å². The second-order valence-electron chi connectivity index (χ2n) is 11.3. The number of nitrogens with zero attached hydrogens (tertiary/aromatic N) is 2. The van der Waals surface area contributed by atoms with Crippen molar-refractivity contribution in [3.8, 4) is 12.1 Å². The van der Waals surface area contributed by atoms with Gasteiger partial charge in [0.2, 0.25) is 0 Å². The van der Waals surface area contributed by atoms with Crippen LogP contribution in [0.5, 0.6) is 0 Å². The Labute approximate surface area is 368 Å². The lowest BCUT2D eigenvalue weighted by molar-refractivity contribution is -0.0228. The Kier molecular flexibility index (Phi) is 63.4. The average molecular weight is 988 g/mol. The average Bonchev–Trinajstić information content (AvgIpc) is 3.25. The van der Waals surface area contributed by atoms with Gasteiger partial charge in [-0.15, -0.1) is 0 Å². The summed E-state index contributed by atoms with van der Waals surface area (Å²) >= 11 is 2.36. The molecule has 0 aromatic heterocycles. The van der Waals surface area contributed by atoms with Crippen LogP contribution < -0.4 is 5.73 Å². The molecule has 0 saturated heterocycles. The molecule has 1 atom stereocenters. The van der Waals surface area contributed by atoms with E-state index in [1.807, 2.05) is 12.1 Å². The Hall–Kier alpha value is -0.540. The topological polar surface area (TPSA) is 221 Å². The third-order valence-electron chi connectivity index (χ3n) is 6.53. The van der Waals surface area contributed by atoms with Gasteiger partial charge in [-0.05, 0) is 6.16 Å². The lowest BCUT2D eigenvalue weighted by Gasteiger charge is -2.08. The molecule has 59 heavy (non-hydrogen) atoms. The zero-order chi connectivity index (χ0) is 42.9. The molecule has 0 bridgehead atoms. The first-order valence-electron chi connectivity index (χ1n) is 20.3. The molecule has 0 fully saturated rings. The summed E-state index contributed by atoms with van der Waals surface area (Å²) in [6.07, 6.45) is 2.84. The lowest BCUT2D eigenvalue weighted by atomic mass is 10.5. The number of hydrogen-bond donors (Lipinski definition) is 1. The summed E-state index contributed by atoms with van der Waals surface area (Å²) in [4.78, 5) is 0. The molecule has 0 radical (unpaired) electrons. The Morgan fingerprint density at radius 2 is 0.458 bits per heavy atom. The van der Waals surface area contributed by atoms with Crippen LogP contribution in [0.2, 0.25) is 0 Å². The third kappa shape index (κ3) is 64.2. The van der Waals surface area contributed by atoms with Crippen LogP contribution in [0, 0.1) is 22.7 Å². The highest BCUT2D eigenvalue weighted by Crippen LogP contribution is 2.18. The molecular formula is C38H75IN3O16P. The summed E-state index contributed by atoms with van der Waals surface area (Å²) in [5.41, 5.74) is 5.30. The maximum absolute atomic E-state index is 8.35. The van der Waals surface area contributed by atoms with E-state index in [2.05, 4.69) is 22.0 Å². The molecule has 350 valence electrons. The maximum Gasteiger partial charge on any atom is 0.0701 e. The van der Waals surface area contributed by atoms with Crippen LogP contribution in [0.1, 0.15) is 12.8 Å². The highest BCUT2D eigenvalue weighted by atomic mass is 127. The van der Waals surface area contributed by atoms with E-state index < -0.39 is 0 Å². The number of rotatable bonds is 51. The predicted molar refractivity (Wildman–Crippen MR) is 230 cm³/mol. The van der Waals surface area contributed by atoms with E-state index in [1.54, 1.807) is 0 Å². The number of halogens is 1. The summed E-state index contributed by atoms with van der Waals surface area (Å²) in [7, 11) is 0. The van der Waals surface area contributed by atoms with Gasteiger partial charge in [0.15, 0.2) is 0 Å². The smallest absolute Gasteiger partial charge is 0.0701 e. The van der Waals surface area contributed by atoms with Crippen molar-refractivity contribution in [3.63, 3.8) is 0 Å². The predicted octanol–water partition coefficient (Wildman–Crippen LogP) is 2.05. The molecule has 0 aromatic carbocycles. The van der Waals surface area contributed by atoms with Gasteiger partial charge in [-0.1, -0.05) is 28.3 Å². The molecule has 0 heterocycles. The molecule has 0 amide bonds. The Morgan fingerprint density at radius 3 is 0.627 bits per heavy atom. The molecule has 0 spiro atoms. The van der Waals surface area contributed by atoms with Crippen LogP contribution in [0.4, 0.5) is 0 Å². The molecule has 0 aliphatic rings. The first-order chi connectivity index (χ1) is 29.3. The summed E-state index contributed by atoms with van der Waals surface area (Å²) < 4.78 is 85.5. The summed E-state index contributed by atoms with van der Waals surface area (Å²) in [6.45, 7) is 17.7. The number of ether oxygens (including phenoxy) is 16. The second kappa shape index (κ2) is 61.8. The van der Waals surface area contributed by atoms with Crippen molar-refractivity contribution in [2.24, 2.45) is 5.73 Å². The standard InChI is InChI=1S/C19H37INO8P.C19H38N2O8/c20-30-19-18-29-17-16-28-15-14-27-13-12-26-11-10-25-9-8-24-7-6-23-5-4-22-3-1-2-21;20-2-1-4-22-6-8-24-10-12-26-14-16-28-18-19-29-17-15-27-13-11-25-9-7-23-5-3-21/h30H,1,3-19H2;1,3-19,21H2. The monoisotopic (exact) mass is 987 g/mol. The van der Waals surface area contributed by atoms with Gasteiger partial charge in [-0.3, -0.25) is 0 Å². The highest BCUT2D eigenvalue weighted by Gasteiger charge is 1.97. The van der Waals surface area contributed by atoms with Crippen molar-refractivity contribution in [2.75, 3.05) is 224 Å². The molecule has 0 aromatic rings. The van der Waals surface area contributed by atoms with Crippen LogP contribution in [-0.2, 0) is 75.8 Å². The summed E-state index contributed by atoms with van der Waals surface area (Å²) in [5.74, 6) is 0. The van der Waals surface area contributed by atoms with Gasteiger partial charge < -0.3 is 81.5 Å². The molecule has 0 saturated carbocycles. The summed E-state index contributed by atoms with van der Waals surface area (Å²) in [5, 5.41) is 16.7. The van der Waals surface area contributed by atoms with Crippen molar-refractivity contribution in [2.45, 2.75) is 12.8 Å². The molecule has 21 heteroatoms. The van der Waals surface area contributed by atoms with E-state index in [0.29, 0.717) is 224 Å². The molecule has 19 nitrogen and oxygen atoms in total. The van der Waals surface area contributed by atoms with Crippen molar-refractivity contribution >= 4 is 28.3 Å². The first kappa shape index (κ1) is 60.5. The van der Waals surface area contributed by atoms with Crippen LogP contribution in [-0.4, -0.2) is 224 Å². The maximum atomic E-state index is 8.35. The minimum Gasteiger partial charge on any atom is -0.379 e. The molecule has 0 rings (SSSR count). The van der Waals surface area contributed by atoms with Crippen molar-refractivity contribution in [3.05, 3.63) is 0 Å². The molecule has 0 aliphatic heterocycles. The Morgan fingerprint density at radius 1 is 0.288 bits per heavy atom. The minimum atomic E-state index is 0.407. The fourth-order valence-corrected chi connectivity index (χ4v) is 4.59. The first-order valence-corrected chi connectivity index (χ1v) is 24.7. The summed E-state index contributed by atoms with van der Waals surface area (Å²) in [6, 6.07) is 4.03. The number of nitriles is 2.